The number of benzene rings is 1. The van der Waals surface area contributed by atoms with Crippen LogP contribution in [0.25, 0.3) is 0 Å². The van der Waals surface area contributed by atoms with Crippen molar-refractivity contribution in [1.29, 1.82) is 0 Å². The molecule has 2 fully saturated rings. The SMILES string of the molecule is CC(=O)Nc1ccc(N2C(=O)C[C@H]([NH+]3CC[NH+](C)CC3)C2=O)cc1. The van der Waals surface area contributed by atoms with Gasteiger partial charge in [0.1, 0.15) is 26.2 Å². The Kier molecular flexibility index (Phi) is 4.64. The first-order valence-electron chi connectivity index (χ1n) is 8.36. The number of piperazine rings is 1. The number of nitrogens with zero attached hydrogens (tertiary/aromatic N) is 1. The van der Waals surface area contributed by atoms with Gasteiger partial charge in [-0.2, -0.15) is 0 Å². The molecule has 2 heterocycles. The normalized spacial score (nSPS) is 27.4. The fourth-order valence-electron chi connectivity index (χ4n) is 3.47. The molecule has 128 valence electrons. The van der Waals surface area contributed by atoms with Crippen molar-refractivity contribution in [2.75, 3.05) is 43.4 Å². The molecule has 1 aromatic carbocycles. The second-order valence-corrected chi connectivity index (χ2v) is 6.67. The number of quaternary nitrogens is 2. The van der Waals surface area contributed by atoms with Gasteiger partial charge >= 0.3 is 0 Å². The van der Waals surface area contributed by atoms with Crippen LogP contribution in [0.1, 0.15) is 13.3 Å². The second kappa shape index (κ2) is 6.70. The van der Waals surface area contributed by atoms with Crippen molar-refractivity contribution in [3.05, 3.63) is 24.3 Å². The zero-order chi connectivity index (χ0) is 17.3. The van der Waals surface area contributed by atoms with Crippen molar-refractivity contribution >= 4 is 29.1 Å². The highest BCUT2D eigenvalue weighted by molar-refractivity contribution is 6.21. The summed E-state index contributed by atoms with van der Waals surface area (Å²) in [6.45, 7) is 5.33. The average molecular weight is 332 g/mol. The van der Waals surface area contributed by atoms with E-state index in [1.54, 1.807) is 24.3 Å². The molecule has 1 aromatic rings. The van der Waals surface area contributed by atoms with Gasteiger partial charge in [0.05, 0.1) is 19.2 Å². The molecule has 0 spiro atoms. The number of amides is 3. The van der Waals surface area contributed by atoms with Crippen molar-refractivity contribution in [2.24, 2.45) is 0 Å². The Morgan fingerprint density at radius 2 is 1.75 bits per heavy atom. The van der Waals surface area contributed by atoms with E-state index in [-0.39, 0.29) is 30.2 Å². The monoisotopic (exact) mass is 332 g/mol. The molecule has 2 aliphatic rings. The van der Waals surface area contributed by atoms with Crippen LogP contribution >= 0.6 is 0 Å². The lowest BCUT2D eigenvalue weighted by molar-refractivity contribution is -1.01. The fraction of sp³-hybridized carbons (Fsp3) is 0.471. The molecule has 3 amide bonds. The molecule has 7 heteroatoms. The fourth-order valence-corrected chi connectivity index (χ4v) is 3.47. The van der Waals surface area contributed by atoms with E-state index in [4.69, 9.17) is 0 Å². The molecular weight excluding hydrogens is 308 g/mol. The highest BCUT2D eigenvalue weighted by Gasteiger charge is 2.46. The summed E-state index contributed by atoms with van der Waals surface area (Å²) >= 11 is 0. The minimum atomic E-state index is -0.263. The van der Waals surface area contributed by atoms with Crippen molar-refractivity contribution in [1.82, 2.24) is 0 Å². The molecule has 1 atom stereocenters. The number of anilines is 2. The minimum absolute atomic E-state index is 0.109. The molecule has 0 aromatic heterocycles. The molecule has 24 heavy (non-hydrogen) atoms. The molecule has 2 aliphatic heterocycles. The van der Waals surface area contributed by atoms with Crippen LogP contribution in [-0.2, 0) is 14.4 Å². The standard InChI is InChI=1S/C17H22N4O3/c1-12(22)18-13-3-5-14(6-4-13)21-16(23)11-15(17(21)24)20-9-7-19(2)8-10-20/h3-6,15H,7-11H2,1-2H3,(H,18,22)/p+2/t15-/m0/s1. The third-order valence-electron chi connectivity index (χ3n) is 4.83. The maximum Gasteiger partial charge on any atom is 0.292 e. The van der Waals surface area contributed by atoms with Crippen LogP contribution in [0, 0.1) is 0 Å². The summed E-state index contributed by atoms with van der Waals surface area (Å²) in [7, 11) is 2.15. The number of nitrogens with one attached hydrogen (secondary N) is 3. The van der Waals surface area contributed by atoms with E-state index in [0.717, 1.165) is 26.2 Å². The zero-order valence-electron chi connectivity index (χ0n) is 14.1. The highest BCUT2D eigenvalue weighted by atomic mass is 16.2. The van der Waals surface area contributed by atoms with Crippen molar-refractivity contribution in [3.8, 4) is 0 Å². The Hall–Kier alpha value is -2.25. The van der Waals surface area contributed by atoms with Gasteiger partial charge in [0.25, 0.3) is 5.91 Å². The topological polar surface area (TPSA) is 75.4 Å². The smallest absolute Gasteiger partial charge is 0.292 e. The van der Waals surface area contributed by atoms with E-state index >= 15 is 0 Å². The largest absolute Gasteiger partial charge is 0.328 e. The maximum absolute atomic E-state index is 12.8. The molecule has 0 aliphatic carbocycles. The van der Waals surface area contributed by atoms with Gasteiger partial charge in [0.15, 0.2) is 6.04 Å². The number of imide groups is 1. The third-order valence-corrected chi connectivity index (χ3v) is 4.83. The Morgan fingerprint density at radius 3 is 2.33 bits per heavy atom. The first-order valence-corrected chi connectivity index (χ1v) is 8.36. The van der Waals surface area contributed by atoms with Gasteiger partial charge in [-0.25, -0.2) is 4.90 Å². The Balaban J connectivity index is 1.73. The quantitative estimate of drug-likeness (QED) is 0.545. The van der Waals surface area contributed by atoms with Crippen LogP contribution in [0.5, 0.6) is 0 Å². The van der Waals surface area contributed by atoms with Gasteiger partial charge in [-0.3, -0.25) is 14.4 Å². The number of carbonyl (C=O) groups is 3. The molecule has 0 bridgehead atoms. The van der Waals surface area contributed by atoms with E-state index in [1.807, 2.05) is 0 Å². The Bertz CT molecular complexity index is 650. The summed E-state index contributed by atoms with van der Waals surface area (Å²) in [5.41, 5.74) is 1.22. The van der Waals surface area contributed by atoms with Crippen LogP contribution in [-0.4, -0.2) is 57.0 Å². The van der Waals surface area contributed by atoms with Gasteiger partial charge in [-0.15, -0.1) is 0 Å². The van der Waals surface area contributed by atoms with Gasteiger partial charge in [-0.05, 0) is 24.3 Å². The third kappa shape index (κ3) is 3.32. The number of hydrogen-bond acceptors (Lipinski definition) is 3. The first-order chi connectivity index (χ1) is 11.5. The first kappa shape index (κ1) is 16.6. The summed E-state index contributed by atoms with van der Waals surface area (Å²) in [4.78, 5) is 40.2. The van der Waals surface area contributed by atoms with Crippen LogP contribution in [0.3, 0.4) is 0 Å². The number of carbonyl (C=O) groups excluding carboxylic acids is 3. The molecule has 7 nitrogen and oxygen atoms in total. The lowest BCUT2D eigenvalue weighted by atomic mass is 10.2. The predicted octanol–water partition coefficient (Wildman–Crippen LogP) is -2.31. The van der Waals surface area contributed by atoms with Crippen LogP contribution in [0.15, 0.2) is 24.3 Å². The molecule has 0 radical (unpaired) electrons. The average Bonchev–Trinajstić information content (AvgIpc) is 2.83. The summed E-state index contributed by atoms with van der Waals surface area (Å²) in [6.07, 6.45) is 0.278. The number of hydrogen-bond donors (Lipinski definition) is 3. The Morgan fingerprint density at radius 1 is 1.12 bits per heavy atom. The van der Waals surface area contributed by atoms with E-state index in [1.165, 1.54) is 21.6 Å². The second-order valence-electron chi connectivity index (χ2n) is 6.67. The van der Waals surface area contributed by atoms with Crippen LogP contribution < -0.4 is 20.0 Å². The summed E-state index contributed by atoms with van der Waals surface area (Å²) in [5, 5.41) is 2.68. The summed E-state index contributed by atoms with van der Waals surface area (Å²) in [5.74, 6) is -0.408. The van der Waals surface area contributed by atoms with E-state index in [9.17, 15) is 14.4 Å². The van der Waals surface area contributed by atoms with Gasteiger partial charge < -0.3 is 15.1 Å². The van der Waals surface area contributed by atoms with Crippen LogP contribution in [0.4, 0.5) is 11.4 Å². The number of rotatable bonds is 3. The molecule has 2 saturated heterocycles. The van der Waals surface area contributed by atoms with Gasteiger partial charge in [0, 0.05) is 12.6 Å². The Labute approximate surface area is 141 Å². The van der Waals surface area contributed by atoms with E-state index < -0.39 is 0 Å². The lowest BCUT2D eigenvalue weighted by Gasteiger charge is -2.30. The van der Waals surface area contributed by atoms with Gasteiger partial charge in [0.2, 0.25) is 11.8 Å². The molecule has 0 unspecified atom stereocenters. The lowest BCUT2D eigenvalue weighted by Crippen LogP contribution is -3.29. The van der Waals surface area contributed by atoms with Crippen molar-refractivity contribution in [3.63, 3.8) is 0 Å². The maximum atomic E-state index is 12.8. The molecule has 3 N–H and O–H groups in total. The number of likely N-dealkylation sites (N-methyl/N-ethyl adjacent to an activating group) is 1. The van der Waals surface area contributed by atoms with Crippen molar-refractivity contribution < 1.29 is 24.2 Å². The zero-order valence-corrected chi connectivity index (χ0v) is 14.1. The predicted molar refractivity (Wildman–Crippen MR) is 89.0 cm³/mol. The molecular formula is C17H24N4O3+2. The van der Waals surface area contributed by atoms with E-state index in [2.05, 4.69) is 12.4 Å². The van der Waals surface area contributed by atoms with Crippen LogP contribution in [0.2, 0.25) is 0 Å². The van der Waals surface area contributed by atoms with Crippen molar-refractivity contribution in [2.45, 2.75) is 19.4 Å². The summed E-state index contributed by atoms with van der Waals surface area (Å²) < 4.78 is 0. The van der Waals surface area contributed by atoms with Gasteiger partial charge in [-0.1, -0.05) is 0 Å². The summed E-state index contributed by atoms with van der Waals surface area (Å²) in [6, 6.07) is 6.55. The van der Waals surface area contributed by atoms with E-state index in [0.29, 0.717) is 11.4 Å². The molecule has 3 rings (SSSR count). The minimum Gasteiger partial charge on any atom is -0.328 e. The highest BCUT2D eigenvalue weighted by Crippen LogP contribution is 2.23. The molecule has 0 saturated carbocycles.